The molecular weight excluding hydrogens is 532 g/mol. The number of carbonyl (C=O) groups is 2. The first-order chi connectivity index (χ1) is 17.4. The van der Waals surface area contributed by atoms with E-state index >= 15 is 0 Å². The van der Waals surface area contributed by atoms with Gasteiger partial charge in [-0.05, 0) is 29.7 Å². The quantitative estimate of drug-likeness (QED) is 0.362. The number of nitrogens with two attached hydrogens (primary N) is 1. The fourth-order valence-corrected chi connectivity index (χ4v) is 3.72. The average Bonchev–Trinajstić information content (AvgIpc) is 3.33. The van der Waals surface area contributed by atoms with Crippen LogP contribution in [0.15, 0.2) is 60.2 Å². The molecule has 0 radical (unpaired) electrons. The van der Waals surface area contributed by atoms with Gasteiger partial charge in [0.1, 0.15) is 11.5 Å². The lowest BCUT2D eigenvalue weighted by atomic mass is 10.0. The summed E-state index contributed by atoms with van der Waals surface area (Å²) >= 11 is 12.6. The average molecular weight is 549 g/mol. The molecule has 0 aliphatic heterocycles. The van der Waals surface area contributed by atoms with Crippen molar-refractivity contribution in [2.24, 2.45) is 5.73 Å². The number of aromatic nitrogens is 2. The molecule has 3 aromatic rings. The zero-order valence-corrected chi connectivity index (χ0v) is 20.5. The van der Waals surface area contributed by atoms with E-state index in [2.05, 4.69) is 22.3 Å². The van der Waals surface area contributed by atoms with Gasteiger partial charge in [-0.1, -0.05) is 48.0 Å². The van der Waals surface area contributed by atoms with Gasteiger partial charge in [-0.2, -0.15) is 23.5 Å². The maximum absolute atomic E-state index is 13.4. The number of hydrogen-bond acceptors (Lipinski definition) is 5. The summed E-state index contributed by atoms with van der Waals surface area (Å²) in [6.45, 7) is 3.46. The topological polar surface area (TPSA) is 126 Å². The highest BCUT2D eigenvalue weighted by Crippen LogP contribution is 2.36. The summed E-state index contributed by atoms with van der Waals surface area (Å²) in [4.78, 5) is 25.8. The number of hydrogen-bond donors (Lipinski definition) is 3. The number of benzene rings is 2. The minimum absolute atomic E-state index is 0.0773. The van der Waals surface area contributed by atoms with Crippen molar-refractivity contribution in [3.63, 3.8) is 0 Å². The lowest BCUT2D eigenvalue weighted by Crippen LogP contribution is -2.24. The zero-order valence-electron chi connectivity index (χ0n) is 19.0. The van der Waals surface area contributed by atoms with Crippen molar-refractivity contribution in [2.45, 2.75) is 6.18 Å². The number of alkyl halides is 3. The van der Waals surface area contributed by atoms with Gasteiger partial charge in [-0.3, -0.25) is 9.59 Å². The molecule has 0 aliphatic rings. The van der Waals surface area contributed by atoms with Gasteiger partial charge >= 0.3 is 6.18 Å². The molecule has 0 atom stereocenters. The molecule has 0 saturated heterocycles. The highest BCUT2D eigenvalue weighted by atomic mass is 35.5. The van der Waals surface area contributed by atoms with E-state index in [0.29, 0.717) is 27.1 Å². The van der Waals surface area contributed by atoms with Gasteiger partial charge in [0, 0.05) is 18.5 Å². The third-order valence-electron chi connectivity index (χ3n) is 5.00. The van der Waals surface area contributed by atoms with Crippen LogP contribution >= 0.6 is 23.2 Å². The molecule has 0 aliphatic carbocycles. The Morgan fingerprint density at radius 3 is 2.54 bits per heavy atom. The maximum atomic E-state index is 13.4. The van der Waals surface area contributed by atoms with E-state index in [1.165, 1.54) is 49.5 Å². The summed E-state index contributed by atoms with van der Waals surface area (Å²) in [5, 5.41) is 17.9. The third-order valence-corrected chi connectivity index (χ3v) is 5.71. The summed E-state index contributed by atoms with van der Waals surface area (Å²) in [5.74, 6) is -2.23. The van der Waals surface area contributed by atoms with Gasteiger partial charge in [0.25, 0.3) is 11.8 Å². The Morgan fingerprint density at radius 2 is 1.95 bits per heavy atom. The molecule has 8 nitrogen and oxygen atoms in total. The van der Waals surface area contributed by atoms with Crippen molar-refractivity contribution < 1.29 is 22.8 Å². The molecule has 0 bridgehead atoms. The van der Waals surface area contributed by atoms with E-state index in [9.17, 15) is 22.8 Å². The molecule has 0 fully saturated rings. The SMILES string of the molecule is C=C/C=C\C(Cl)=C(/N)n1nc(C(F)(F)F)cc1C(=O)Nc1c(C(=O)NC)cc2cc(C#N)ccc2c1Cl. The number of nitriles is 1. The molecule has 0 spiro atoms. The number of rotatable bonds is 6. The summed E-state index contributed by atoms with van der Waals surface area (Å²) in [5.41, 5.74) is 3.89. The number of fused-ring (bicyclic) bond motifs is 1. The van der Waals surface area contributed by atoms with Crippen molar-refractivity contribution in [3.8, 4) is 6.07 Å². The number of carbonyl (C=O) groups excluding carboxylic acids is 2. The number of nitrogens with one attached hydrogen (secondary N) is 2. The summed E-state index contributed by atoms with van der Waals surface area (Å²) in [6, 6.07) is 8.33. The number of amides is 2. The lowest BCUT2D eigenvalue weighted by Gasteiger charge is -2.15. The summed E-state index contributed by atoms with van der Waals surface area (Å²) < 4.78 is 40.8. The van der Waals surface area contributed by atoms with E-state index in [-0.39, 0.29) is 21.3 Å². The smallest absolute Gasteiger partial charge is 0.382 e. The second-order valence-electron chi connectivity index (χ2n) is 7.35. The largest absolute Gasteiger partial charge is 0.435 e. The van der Waals surface area contributed by atoms with Crippen LogP contribution in [-0.4, -0.2) is 28.6 Å². The predicted octanol–water partition coefficient (Wildman–Crippen LogP) is 5.26. The van der Waals surface area contributed by atoms with E-state index in [1.807, 2.05) is 6.07 Å². The first kappa shape index (κ1) is 27.3. The van der Waals surface area contributed by atoms with Crippen LogP contribution in [0.25, 0.3) is 16.6 Å². The van der Waals surface area contributed by atoms with Crippen molar-refractivity contribution >= 4 is 57.3 Å². The highest BCUT2D eigenvalue weighted by Gasteiger charge is 2.36. The van der Waals surface area contributed by atoms with Gasteiger partial charge < -0.3 is 16.4 Å². The Labute approximate surface area is 218 Å². The standard InChI is InChI=1S/C24H17Cl2F3N6O2/c1-3-4-5-16(25)21(31)35-17(10-18(34-35)24(27,28)29)23(37)33-20-15(22(36)32-2)9-13-8-12(11-30)6-7-14(13)19(20)26/h3-10H,1,31H2,2H3,(H,32,36)(H,33,37)/b5-4-,21-16-. The fourth-order valence-electron chi connectivity index (χ4n) is 3.25. The van der Waals surface area contributed by atoms with Gasteiger partial charge in [-0.25, -0.2) is 4.68 Å². The summed E-state index contributed by atoms with van der Waals surface area (Å²) in [6.07, 6.45) is -0.920. The van der Waals surface area contributed by atoms with E-state index in [1.54, 1.807) is 0 Å². The van der Waals surface area contributed by atoms with Crippen LogP contribution < -0.4 is 16.4 Å². The second kappa shape index (κ2) is 10.8. The number of nitrogens with zero attached hydrogens (tertiary/aromatic N) is 3. The molecule has 1 aromatic heterocycles. The van der Waals surface area contributed by atoms with Crippen LogP contribution in [0.2, 0.25) is 5.02 Å². The first-order valence-electron chi connectivity index (χ1n) is 10.2. The minimum atomic E-state index is -4.91. The van der Waals surface area contributed by atoms with Gasteiger partial charge in [0.05, 0.1) is 32.9 Å². The van der Waals surface area contributed by atoms with Gasteiger partial charge in [-0.15, -0.1) is 0 Å². The van der Waals surface area contributed by atoms with E-state index < -0.39 is 35.2 Å². The Kier molecular flexibility index (Phi) is 7.96. The van der Waals surface area contributed by atoms with Crippen LogP contribution in [0, 0.1) is 11.3 Å². The Hall–Kier alpha value is -4.27. The van der Waals surface area contributed by atoms with Crippen LogP contribution in [-0.2, 0) is 6.18 Å². The number of halogens is 5. The molecule has 0 saturated carbocycles. The molecule has 2 amide bonds. The molecule has 3 rings (SSSR count). The van der Waals surface area contributed by atoms with Crippen LogP contribution in [0.5, 0.6) is 0 Å². The molecule has 2 aromatic carbocycles. The fraction of sp³-hybridized carbons (Fsp3) is 0.0833. The minimum Gasteiger partial charge on any atom is -0.382 e. The number of anilines is 1. The molecule has 37 heavy (non-hydrogen) atoms. The Morgan fingerprint density at radius 1 is 1.24 bits per heavy atom. The molecule has 1 heterocycles. The monoisotopic (exact) mass is 548 g/mol. The van der Waals surface area contributed by atoms with Crippen LogP contribution in [0.4, 0.5) is 18.9 Å². The first-order valence-corrected chi connectivity index (χ1v) is 11.0. The Balaban J connectivity index is 2.20. The van der Waals surface area contributed by atoms with Gasteiger partial charge in [0.2, 0.25) is 0 Å². The van der Waals surface area contributed by atoms with Crippen molar-refractivity contribution in [3.05, 3.63) is 87.7 Å². The van der Waals surface area contributed by atoms with E-state index in [0.717, 1.165) is 0 Å². The highest BCUT2D eigenvalue weighted by molar-refractivity contribution is 6.40. The maximum Gasteiger partial charge on any atom is 0.435 e. The van der Waals surface area contributed by atoms with Gasteiger partial charge in [0.15, 0.2) is 5.69 Å². The normalized spacial score (nSPS) is 12.2. The second-order valence-corrected chi connectivity index (χ2v) is 8.13. The predicted molar refractivity (Wildman–Crippen MR) is 135 cm³/mol. The van der Waals surface area contributed by atoms with Crippen LogP contribution in [0.1, 0.15) is 32.1 Å². The molecule has 0 unspecified atom stereocenters. The van der Waals surface area contributed by atoms with Crippen molar-refractivity contribution in [2.75, 3.05) is 12.4 Å². The zero-order chi connectivity index (χ0) is 27.5. The molecule has 4 N–H and O–H groups in total. The lowest BCUT2D eigenvalue weighted by molar-refractivity contribution is -0.141. The van der Waals surface area contributed by atoms with E-state index in [4.69, 9.17) is 34.2 Å². The van der Waals surface area contributed by atoms with Crippen LogP contribution in [0.3, 0.4) is 0 Å². The molecule has 190 valence electrons. The van der Waals surface area contributed by atoms with Crippen molar-refractivity contribution in [1.82, 2.24) is 15.1 Å². The molecule has 13 heteroatoms. The molecular formula is C24H17Cl2F3N6O2. The third kappa shape index (κ3) is 5.61. The Bertz CT molecular complexity index is 1530. The summed E-state index contributed by atoms with van der Waals surface area (Å²) in [7, 11) is 1.34. The number of allylic oxidation sites excluding steroid dienone is 4. The van der Waals surface area contributed by atoms with Crippen molar-refractivity contribution in [1.29, 1.82) is 5.26 Å².